The molecular formula is C17H24N2O3. The zero-order valence-electron chi connectivity index (χ0n) is 12.9. The Kier molecular flexibility index (Phi) is 5.08. The van der Waals surface area contributed by atoms with E-state index >= 15 is 0 Å². The van der Waals surface area contributed by atoms with Gasteiger partial charge in [0.1, 0.15) is 0 Å². The summed E-state index contributed by atoms with van der Waals surface area (Å²) in [5.41, 5.74) is 1.18. The van der Waals surface area contributed by atoms with Gasteiger partial charge in [0, 0.05) is 39.1 Å². The van der Waals surface area contributed by atoms with Crippen LogP contribution in [0.2, 0.25) is 0 Å². The fraction of sp³-hybridized carbons (Fsp3) is 0.588. The number of aliphatic hydroxyl groups excluding tert-OH is 1. The van der Waals surface area contributed by atoms with Crippen LogP contribution in [0.15, 0.2) is 30.3 Å². The highest BCUT2D eigenvalue weighted by Gasteiger charge is 2.26. The Morgan fingerprint density at radius 1 is 1.23 bits per heavy atom. The van der Waals surface area contributed by atoms with Gasteiger partial charge in [0.15, 0.2) is 0 Å². The van der Waals surface area contributed by atoms with Crippen LogP contribution in [0.1, 0.15) is 24.5 Å². The molecule has 0 aliphatic carbocycles. The molecule has 2 aliphatic heterocycles. The van der Waals surface area contributed by atoms with Crippen molar-refractivity contribution in [2.45, 2.75) is 25.0 Å². The van der Waals surface area contributed by atoms with Crippen LogP contribution in [0.3, 0.4) is 0 Å². The predicted molar refractivity (Wildman–Crippen MR) is 83.4 cm³/mol. The number of carbonyl (C=O) groups is 1. The summed E-state index contributed by atoms with van der Waals surface area (Å²) >= 11 is 0. The molecule has 1 aromatic carbocycles. The Balaban J connectivity index is 1.50. The van der Waals surface area contributed by atoms with E-state index < -0.39 is 6.10 Å². The second-order valence-electron chi connectivity index (χ2n) is 6.13. The molecule has 0 aromatic heterocycles. The van der Waals surface area contributed by atoms with E-state index in [1.807, 2.05) is 18.2 Å². The molecule has 2 saturated heterocycles. The molecule has 1 N–H and O–H groups in total. The number of hydrogen-bond acceptors (Lipinski definition) is 4. The Hall–Kier alpha value is -1.43. The van der Waals surface area contributed by atoms with Crippen molar-refractivity contribution < 1.29 is 14.6 Å². The molecule has 2 unspecified atom stereocenters. The van der Waals surface area contributed by atoms with Gasteiger partial charge in [-0.15, -0.1) is 0 Å². The van der Waals surface area contributed by atoms with Crippen LogP contribution in [-0.2, 0) is 9.53 Å². The molecule has 2 aliphatic rings. The zero-order chi connectivity index (χ0) is 15.4. The van der Waals surface area contributed by atoms with E-state index in [1.54, 1.807) is 4.90 Å². The lowest BCUT2D eigenvalue weighted by Crippen LogP contribution is -2.45. The molecule has 1 aromatic rings. The second-order valence-corrected chi connectivity index (χ2v) is 6.13. The van der Waals surface area contributed by atoms with Crippen molar-refractivity contribution >= 4 is 5.91 Å². The first-order chi connectivity index (χ1) is 10.7. The number of β-amino-alcohol motifs (C(OH)–C–C–N with tert-alkyl or cyclic N) is 1. The van der Waals surface area contributed by atoms with Crippen molar-refractivity contribution in [2.24, 2.45) is 0 Å². The SMILES string of the molecule is O=C1CCCN1CC(O)CN1CCOC(c2ccccc2)C1. The van der Waals surface area contributed by atoms with Gasteiger partial charge < -0.3 is 14.7 Å². The normalized spacial score (nSPS) is 24.7. The Morgan fingerprint density at radius 2 is 2.05 bits per heavy atom. The van der Waals surface area contributed by atoms with Crippen LogP contribution in [0.5, 0.6) is 0 Å². The largest absolute Gasteiger partial charge is 0.390 e. The maximum atomic E-state index is 11.6. The summed E-state index contributed by atoms with van der Waals surface area (Å²) in [6, 6.07) is 10.2. The lowest BCUT2D eigenvalue weighted by atomic mass is 10.1. The molecule has 5 nitrogen and oxygen atoms in total. The van der Waals surface area contributed by atoms with Gasteiger partial charge in [-0.25, -0.2) is 0 Å². The molecule has 120 valence electrons. The highest BCUT2D eigenvalue weighted by molar-refractivity contribution is 5.78. The van der Waals surface area contributed by atoms with Gasteiger partial charge in [0.2, 0.25) is 5.91 Å². The van der Waals surface area contributed by atoms with E-state index in [9.17, 15) is 9.90 Å². The molecule has 1 amide bonds. The third-order valence-electron chi connectivity index (χ3n) is 4.39. The fourth-order valence-electron chi connectivity index (χ4n) is 3.24. The van der Waals surface area contributed by atoms with E-state index in [-0.39, 0.29) is 12.0 Å². The summed E-state index contributed by atoms with van der Waals surface area (Å²) in [6.45, 7) is 4.12. The number of ether oxygens (including phenoxy) is 1. The van der Waals surface area contributed by atoms with Gasteiger partial charge in [-0.2, -0.15) is 0 Å². The fourth-order valence-corrected chi connectivity index (χ4v) is 3.24. The van der Waals surface area contributed by atoms with Crippen molar-refractivity contribution in [2.75, 3.05) is 39.3 Å². The maximum Gasteiger partial charge on any atom is 0.222 e. The van der Waals surface area contributed by atoms with Gasteiger partial charge in [0.25, 0.3) is 0 Å². The van der Waals surface area contributed by atoms with Crippen LogP contribution < -0.4 is 0 Å². The topological polar surface area (TPSA) is 53.0 Å². The summed E-state index contributed by atoms with van der Waals surface area (Å²) in [5.74, 6) is 0.170. The predicted octanol–water partition coefficient (Wildman–Crippen LogP) is 1.04. The van der Waals surface area contributed by atoms with E-state index in [0.717, 1.165) is 26.1 Å². The van der Waals surface area contributed by atoms with Gasteiger partial charge in [0.05, 0.1) is 18.8 Å². The summed E-state index contributed by atoms with van der Waals surface area (Å²) in [5, 5.41) is 10.3. The number of aliphatic hydroxyl groups is 1. The minimum absolute atomic E-state index is 0.0653. The minimum atomic E-state index is -0.489. The lowest BCUT2D eigenvalue weighted by Gasteiger charge is -2.34. The first-order valence-corrected chi connectivity index (χ1v) is 8.07. The zero-order valence-corrected chi connectivity index (χ0v) is 12.9. The Morgan fingerprint density at radius 3 is 2.77 bits per heavy atom. The number of likely N-dealkylation sites (tertiary alicyclic amines) is 1. The molecule has 22 heavy (non-hydrogen) atoms. The number of hydrogen-bond donors (Lipinski definition) is 1. The summed E-state index contributed by atoms with van der Waals surface area (Å²) < 4.78 is 5.84. The van der Waals surface area contributed by atoms with Crippen LogP contribution in [0.4, 0.5) is 0 Å². The number of benzene rings is 1. The Labute approximate surface area is 131 Å². The molecule has 2 atom stereocenters. The van der Waals surface area contributed by atoms with Crippen molar-refractivity contribution in [3.63, 3.8) is 0 Å². The average molecular weight is 304 g/mol. The van der Waals surface area contributed by atoms with Crippen LogP contribution in [0.25, 0.3) is 0 Å². The van der Waals surface area contributed by atoms with E-state index in [0.29, 0.717) is 26.1 Å². The third-order valence-corrected chi connectivity index (χ3v) is 4.39. The number of carbonyl (C=O) groups excluding carboxylic acids is 1. The highest BCUT2D eigenvalue weighted by atomic mass is 16.5. The highest BCUT2D eigenvalue weighted by Crippen LogP contribution is 2.22. The average Bonchev–Trinajstić information content (AvgIpc) is 2.93. The first kappa shape index (κ1) is 15.5. The summed E-state index contributed by atoms with van der Waals surface area (Å²) in [4.78, 5) is 15.6. The standard InChI is InChI=1S/C17H24N2O3/c20-15(12-19-8-4-7-17(19)21)11-18-9-10-22-16(13-18)14-5-2-1-3-6-14/h1-3,5-6,15-16,20H,4,7-13H2. The Bertz CT molecular complexity index is 494. The molecule has 0 saturated carbocycles. The van der Waals surface area contributed by atoms with Crippen LogP contribution in [0, 0.1) is 0 Å². The second kappa shape index (κ2) is 7.22. The van der Waals surface area contributed by atoms with Crippen molar-refractivity contribution in [1.82, 2.24) is 9.80 Å². The van der Waals surface area contributed by atoms with Crippen molar-refractivity contribution in [3.05, 3.63) is 35.9 Å². The van der Waals surface area contributed by atoms with E-state index in [2.05, 4.69) is 17.0 Å². The summed E-state index contributed by atoms with van der Waals surface area (Å²) in [7, 11) is 0. The first-order valence-electron chi connectivity index (χ1n) is 8.07. The van der Waals surface area contributed by atoms with Gasteiger partial charge >= 0.3 is 0 Å². The van der Waals surface area contributed by atoms with E-state index in [4.69, 9.17) is 4.74 Å². The third kappa shape index (κ3) is 3.85. The monoisotopic (exact) mass is 304 g/mol. The lowest BCUT2D eigenvalue weighted by molar-refractivity contribution is -0.129. The van der Waals surface area contributed by atoms with Gasteiger partial charge in [-0.1, -0.05) is 30.3 Å². The van der Waals surface area contributed by atoms with Crippen molar-refractivity contribution in [1.29, 1.82) is 0 Å². The van der Waals surface area contributed by atoms with Crippen molar-refractivity contribution in [3.8, 4) is 0 Å². The van der Waals surface area contributed by atoms with E-state index in [1.165, 1.54) is 5.56 Å². The molecule has 5 heteroatoms. The number of morpholine rings is 1. The van der Waals surface area contributed by atoms with Crippen LogP contribution in [-0.4, -0.2) is 66.2 Å². The molecule has 2 heterocycles. The van der Waals surface area contributed by atoms with Gasteiger partial charge in [-0.3, -0.25) is 9.69 Å². The van der Waals surface area contributed by atoms with Crippen LogP contribution >= 0.6 is 0 Å². The molecule has 0 bridgehead atoms. The van der Waals surface area contributed by atoms with Gasteiger partial charge in [-0.05, 0) is 12.0 Å². The summed E-state index contributed by atoms with van der Waals surface area (Å²) in [6.07, 6.45) is 1.12. The number of rotatable bonds is 5. The quantitative estimate of drug-likeness (QED) is 0.883. The minimum Gasteiger partial charge on any atom is -0.390 e. The molecule has 0 radical (unpaired) electrons. The molecule has 0 spiro atoms. The number of nitrogens with zero attached hydrogens (tertiary/aromatic N) is 2. The number of amides is 1. The maximum absolute atomic E-state index is 11.6. The smallest absolute Gasteiger partial charge is 0.222 e. The molecular weight excluding hydrogens is 280 g/mol. The molecule has 3 rings (SSSR count). The molecule has 2 fully saturated rings.